The standard InChI is InChI=1S/C17H18N4O/c1-20-12-14(13-4-2-3-5-16(13)20)15-6-7-18-17(19-15)21-8-10-22-11-9-21/h2-7,12H,8-11H2,1H3. The highest BCUT2D eigenvalue weighted by molar-refractivity contribution is 5.95. The summed E-state index contributed by atoms with van der Waals surface area (Å²) in [5.41, 5.74) is 3.33. The summed E-state index contributed by atoms with van der Waals surface area (Å²) in [6, 6.07) is 10.4. The van der Waals surface area contributed by atoms with Gasteiger partial charge in [0.25, 0.3) is 0 Å². The van der Waals surface area contributed by atoms with E-state index in [1.54, 1.807) is 0 Å². The lowest BCUT2D eigenvalue weighted by Crippen LogP contribution is -2.37. The maximum absolute atomic E-state index is 5.40. The molecule has 1 aliphatic heterocycles. The second-order valence-electron chi connectivity index (χ2n) is 5.51. The summed E-state index contributed by atoms with van der Waals surface area (Å²) >= 11 is 0. The van der Waals surface area contributed by atoms with Gasteiger partial charge in [0.05, 0.1) is 18.9 Å². The van der Waals surface area contributed by atoms with Crippen molar-refractivity contribution < 1.29 is 4.74 Å². The molecule has 0 amide bonds. The topological polar surface area (TPSA) is 43.2 Å². The Kier molecular flexibility index (Phi) is 3.27. The van der Waals surface area contributed by atoms with E-state index in [1.807, 2.05) is 12.3 Å². The average molecular weight is 294 g/mol. The van der Waals surface area contributed by atoms with E-state index in [-0.39, 0.29) is 0 Å². The van der Waals surface area contributed by atoms with E-state index in [4.69, 9.17) is 9.72 Å². The molecule has 4 rings (SSSR count). The van der Waals surface area contributed by atoms with Crippen molar-refractivity contribution in [1.29, 1.82) is 0 Å². The second-order valence-corrected chi connectivity index (χ2v) is 5.51. The molecule has 0 saturated carbocycles. The first-order valence-corrected chi connectivity index (χ1v) is 7.53. The van der Waals surface area contributed by atoms with Gasteiger partial charge in [0.1, 0.15) is 0 Å². The van der Waals surface area contributed by atoms with Crippen molar-refractivity contribution in [2.24, 2.45) is 7.05 Å². The van der Waals surface area contributed by atoms with Crippen LogP contribution in [0.5, 0.6) is 0 Å². The van der Waals surface area contributed by atoms with Crippen LogP contribution in [0.4, 0.5) is 5.95 Å². The summed E-state index contributed by atoms with van der Waals surface area (Å²) in [5.74, 6) is 0.786. The quantitative estimate of drug-likeness (QED) is 0.728. The predicted molar refractivity (Wildman–Crippen MR) is 87.0 cm³/mol. The number of aromatic nitrogens is 3. The highest BCUT2D eigenvalue weighted by Crippen LogP contribution is 2.29. The van der Waals surface area contributed by atoms with Crippen LogP contribution >= 0.6 is 0 Å². The van der Waals surface area contributed by atoms with Crippen LogP contribution in [0.3, 0.4) is 0 Å². The van der Waals surface area contributed by atoms with Gasteiger partial charge in [-0.1, -0.05) is 18.2 Å². The van der Waals surface area contributed by atoms with Gasteiger partial charge >= 0.3 is 0 Å². The van der Waals surface area contributed by atoms with Crippen LogP contribution in [0.25, 0.3) is 22.2 Å². The first-order valence-electron chi connectivity index (χ1n) is 7.53. The number of morpholine rings is 1. The summed E-state index contributed by atoms with van der Waals surface area (Å²) < 4.78 is 7.54. The molecular formula is C17H18N4O. The first kappa shape index (κ1) is 13.3. The minimum Gasteiger partial charge on any atom is -0.378 e. The molecule has 3 heterocycles. The normalized spacial score (nSPS) is 15.4. The summed E-state index contributed by atoms with van der Waals surface area (Å²) in [7, 11) is 2.07. The number of hydrogen-bond acceptors (Lipinski definition) is 4. The third-order valence-electron chi connectivity index (χ3n) is 4.11. The van der Waals surface area contributed by atoms with Crippen molar-refractivity contribution in [3.8, 4) is 11.3 Å². The Balaban J connectivity index is 1.78. The number of hydrogen-bond donors (Lipinski definition) is 0. The second kappa shape index (κ2) is 5.42. The van der Waals surface area contributed by atoms with E-state index in [0.717, 1.165) is 43.5 Å². The number of rotatable bonds is 2. The van der Waals surface area contributed by atoms with E-state index in [0.29, 0.717) is 0 Å². The molecule has 1 fully saturated rings. The highest BCUT2D eigenvalue weighted by atomic mass is 16.5. The molecule has 0 bridgehead atoms. The fourth-order valence-electron chi connectivity index (χ4n) is 2.96. The zero-order chi connectivity index (χ0) is 14.9. The van der Waals surface area contributed by atoms with Crippen LogP contribution in [0, 0.1) is 0 Å². The van der Waals surface area contributed by atoms with Crippen LogP contribution in [-0.2, 0) is 11.8 Å². The molecule has 1 aromatic carbocycles. The summed E-state index contributed by atoms with van der Waals surface area (Å²) in [5, 5.41) is 1.22. The molecule has 0 unspecified atom stereocenters. The van der Waals surface area contributed by atoms with Gasteiger partial charge in [0, 0.05) is 49.0 Å². The van der Waals surface area contributed by atoms with Gasteiger partial charge in [-0.25, -0.2) is 9.97 Å². The van der Waals surface area contributed by atoms with Crippen molar-refractivity contribution in [2.45, 2.75) is 0 Å². The minimum atomic E-state index is 0.738. The van der Waals surface area contributed by atoms with Gasteiger partial charge in [-0.2, -0.15) is 0 Å². The fourth-order valence-corrected chi connectivity index (χ4v) is 2.96. The SMILES string of the molecule is Cn1cc(-c2ccnc(N3CCOCC3)n2)c2ccccc21. The Hall–Kier alpha value is -2.40. The highest BCUT2D eigenvalue weighted by Gasteiger charge is 2.15. The molecule has 5 nitrogen and oxygen atoms in total. The van der Waals surface area contributed by atoms with Crippen LogP contribution < -0.4 is 4.90 Å². The Morgan fingerprint density at radius 3 is 2.77 bits per heavy atom. The van der Waals surface area contributed by atoms with Crippen molar-refractivity contribution in [1.82, 2.24) is 14.5 Å². The molecule has 1 saturated heterocycles. The Morgan fingerprint density at radius 2 is 1.91 bits per heavy atom. The lowest BCUT2D eigenvalue weighted by Gasteiger charge is -2.26. The van der Waals surface area contributed by atoms with Crippen molar-refractivity contribution in [2.75, 3.05) is 31.2 Å². The molecule has 2 aromatic heterocycles. The number of nitrogens with zero attached hydrogens (tertiary/aromatic N) is 4. The number of ether oxygens (including phenoxy) is 1. The monoisotopic (exact) mass is 294 g/mol. The lowest BCUT2D eigenvalue weighted by molar-refractivity contribution is 0.122. The van der Waals surface area contributed by atoms with Crippen LogP contribution in [0.15, 0.2) is 42.7 Å². The van der Waals surface area contributed by atoms with Gasteiger partial charge in [-0.15, -0.1) is 0 Å². The number of anilines is 1. The zero-order valence-electron chi connectivity index (χ0n) is 12.6. The third-order valence-corrected chi connectivity index (χ3v) is 4.11. The largest absolute Gasteiger partial charge is 0.378 e. The van der Waals surface area contributed by atoms with Crippen LogP contribution in [0.1, 0.15) is 0 Å². The van der Waals surface area contributed by atoms with Crippen molar-refractivity contribution >= 4 is 16.9 Å². The average Bonchev–Trinajstić information content (AvgIpc) is 2.93. The molecule has 0 atom stereocenters. The van der Waals surface area contributed by atoms with E-state index in [2.05, 4.69) is 52.0 Å². The summed E-state index contributed by atoms with van der Waals surface area (Å²) in [4.78, 5) is 11.4. The lowest BCUT2D eigenvalue weighted by atomic mass is 10.1. The molecule has 1 aliphatic rings. The van der Waals surface area contributed by atoms with Gasteiger partial charge in [-0.05, 0) is 12.1 Å². The summed E-state index contributed by atoms with van der Waals surface area (Å²) in [6.07, 6.45) is 3.98. The number of para-hydroxylation sites is 1. The third kappa shape index (κ3) is 2.23. The molecule has 0 radical (unpaired) electrons. The van der Waals surface area contributed by atoms with E-state index in [9.17, 15) is 0 Å². The molecule has 0 spiro atoms. The Morgan fingerprint density at radius 1 is 1.09 bits per heavy atom. The number of fused-ring (bicyclic) bond motifs is 1. The van der Waals surface area contributed by atoms with Gasteiger partial charge in [0.15, 0.2) is 0 Å². The number of aryl methyl sites for hydroxylation is 1. The van der Waals surface area contributed by atoms with Crippen LogP contribution in [0.2, 0.25) is 0 Å². The maximum atomic E-state index is 5.40. The van der Waals surface area contributed by atoms with Crippen molar-refractivity contribution in [3.63, 3.8) is 0 Å². The zero-order valence-corrected chi connectivity index (χ0v) is 12.6. The summed E-state index contributed by atoms with van der Waals surface area (Å²) in [6.45, 7) is 3.17. The van der Waals surface area contributed by atoms with E-state index in [1.165, 1.54) is 10.9 Å². The van der Waals surface area contributed by atoms with Crippen LogP contribution in [-0.4, -0.2) is 40.8 Å². The molecule has 3 aromatic rings. The fraction of sp³-hybridized carbons (Fsp3) is 0.294. The molecule has 0 aliphatic carbocycles. The van der Waals surface area contributed by atoms with Gasteiger partial charge in [-0.3, -0.25) is 0 Å². The molecule has 5 heteroatoms. The minimum absolute atomic E-state index is 0.738. The molecular weight excluding hydrogens is 276 g/mol. The van der Waals surface area contributed by atoms with E-state index >= 15 is 0 Å². The van der Waals surface area contributed by atoms with Crippen molar-refractivity contribution in [3.05, 3.63) is 42.7 Å². The predicted octanol–water partition coefficient (Wildman–Crippen LogP) is 2.47. The maximum Gasteiger partial charge on any atom is 0.226 e. The van der Waals surface area contributed by atoms with E-state index < -0.39 is 0 Å². The number of benzene rings is 1. The first-order chi connectivity index (χ1) is 10.8. The van der Waals surface area contributed by atoms with Gasteiger partial charge < -0.3 is 14.2 Å². The molecule has 0 N–H and O–H groups in total. The molecule has 22 heavy (non-hydrogen) atoms. The smallest absolute Gasteiger partial charge is 0.226 e. The Bertz CT molecular complexity index is 805. The molecule has 112 valence electrons. The van der Waals surface area contributed by atoms with Gasteiger partial charge in [0.2, 0.25) is 5.95 Å². The Labute approximate surface area is 129 Å².